The quantitative estimate of drug-likeness (QED) is 0.599. The number of nitrogens with zero attached hydrogens (tertiary/aromatic N) is 1. The Bertz CT molecular complexity index is 791. The third-order valence-corrected chi connectivity index (χ3v) is 4.80. The molecule has 2 aliphatic rings. The van der Waals surface area contributed by atoms with Gasteiger partial charge < -0.3 is 15.4 Å². The highest BCUT2D eigenvalue weighted by atomic mass is 19.1. The van der Waals surface area contributed by atoms with Gasteiger partial charge in [0, 0.05) is 0 Å². The van der Waals surface area contributed by atoms with Crippen molar-refractivity contribution in [1.29, 1.82) is 0 Å². The van der Waals surface area contributed by atoms with Crippen LogP contribution in [0.2, 0.25) is 0 Å². The van der Waals surface area contributed by atoms with E-state index in [9.17, 15) is 23.6 Å². The van der Waals surface area contributed by atoms with Gasteiger partial charge in [-0.2, -0.15) is 0 Å². The number of hydrogen-bond donors (Lipinski definition) is 2. The fourth-order valence-electron chi connectivity index (χ4n) is 3.35. The number of imide groups is 1. The molecule has 1 aliphatic carbocycles. The Labute approximate surface area is 155 Å². The molecule has 9 heteroatoms. The molecule has 27 heavy (non-hydrogen) atoms. The van der Waals surface area contributed by atoms with Gasteiger partial charge in [-0.15, -0.1) is 0 Å². The summed E-state index contributed by atoms with van der Waals surface area (Å²) in [5.41, 5.74) is -0.951. The molecule has 1 atom stereocenters. The molecule has 2 fully saturated rings. The van der Waals surface area contributed by atoms with Crippen LogP contribution in [0.15, 0.2) is 24.3 Å². The van der Waals surface area contributed by atoms with Gasteiger partial charge in [-0.1, -0.05) is 25.0 Å². The first-order valence-electron chi connectivity index (χ1n) is 8.71. The van der Waals surface area contributed by atoms with E-state index < -0.39 is 47.8 Å². The van der Waals surface area contributed by atoms with Gasteiger partial charge >= 0.3 is 12.0 Å². The lowest BCUT2D eigenvalue weighted by Crippen LogP contribution is -2.44. The van der Waals surface area contributed by atoms with Gasteiger partial charge in [-0.05, 0) is 31.9 Å². The van der Waals surface area contributed by atoms with E-state index in [1.54, 1.807) is 6.07 Å². The fourth-order valence-corrected chi connectivity index (χ4v) is 3.35. The molecule has 1 aromatic carbocycles. The van der Waals surface area contributed by atoms with Crippen LogP contribution in [0.4, 0.5) is 14.9 Å². The van der Waals surface area contributed by atoms with Crippen LogP contribution in [0.1, 0.15) is 32.6 Å². The van der Waals surface area contributed by atoms with E-state index in [0.717, 1.165) is 17.7 Å². The second kappa shape index (κ2) is 7.34. The third kappa shape index (κ3) is 3.76. The van der Waals surface area contributed by atoms with Crippen LogP contribution in [-0.2, 0) is 19.1 Å². The second-order valence-electron chi connectivity index (χ2n) is 6.71. The Balaban J connectivity index is 1.56. The van der Waals surface area contributed by atoms with E-state index >= 15 is 0 Å². The molecule has 1 saturated carbocycles. The third-order valence-electron chi connectivity index (χ3n) is 4.80. The van der Waals surface area contributed by atoms with Crippen molar-refractivity contribution in [2.24, 2.45) is 0 Å². The van der Waals surface area contributed by atoms with Gasteiger partial charge in [0.15, 0.2) is 6.10 Å². The number of halogens is 1. The Morgan fingerprint density at radius 1 is 1.30 bits per heavy atom. The topological polar surface area (TPSA) is 105 Å². The summed E-state index contributed by atoms with van der Waals surface area (Å²) in [5.74, 6) is -2.68. The molecule has 1 aromatic rings. The van der Waals surface area contributed by atoms with Crippen LogP contribution in [0.3, 0.4) is 0 Å². The summed E-state index contributed by atoms with van der Waals surface area (Å²) in [6.45, 7) is 0.738. The van der Waals surface area contributed by atoms with Crippen LogP contribution >= 0.6 is 0 Å². The standard InChI is InChI=1S/C18H20FN3O5/c1-11(15(24)20-13-7-3-2-6-12(13)19)27-14(23)10-22-16(25)18(21-17(22)26)8-4-5-9-18/h2-3,6-7,11H,4-5,8-10H2,1H3,(H,20,24)(H,21,26)/t11-/m1/s1. The van der Waals surface area contributed by atoms with E-state index in [1.807, 2.05) is 0 Å². The SMILES string of the molecule is C[C@@H](OC(=O)CN1C(=O)NC2(CCCC2)C1=O)C(=O)Nc1ccccc1F. The molecule has 2 N–H and O–H groups in total. The monoisotopic (exact) mass is 377 g/mol. The largest absolute Gasteiger partial charge is 0.451 e. The Kier molecular flexibility index (Phi) is 5.11. The van der Waals surface area contributed by atoms with Gasteiger partial charge in [0.05, 0.1) is 5.69 Å². The Morgan fingerprint density at radius 2 is 1.96 bits per heavy atom. The van der Waals surface area contributed by atoms with Crippen molar-refractivity contribution < 1.29 is 28.3 Å². The molecule has 0 aromatic heterocycles. The van der Waals surface area contributed by atoms with Crippen LogP contribution < -0.4 is 10.6 Å². The van der Waals surface area contributed by atoms with Crippen LogP contribution in [0.25, 0.3) is 0 Å². The first-order chi connectivity index (χ1) is 12.8. The predicted octanol–water partition coefficient (Wildman–Crippen LogP) is 1.56. The van der Waals surface area contributed by atoms with Crippen molar-refractivity contribution in [2.75, 3.05) is 11.9 Å². The first-order valence-corrected chi connectivity index (χ1v) is 8.71. The molecule has 8 nitrogen and oxygen atoms in total. The maximum atomic E-state index is 13.6. The highest BCUT2D eigenvalue weighted by Gasteiger charge is 2.52. The summed E-state index contributed by atoms with van der Waals surface area (Å²) in [4.78, 5) is 49.5. The number of amides is 4. The lowest BCUT2D eigenvalue weighted by atomic mass is 9.98. The number of rotatable bonds is 5. The van der Waals surface area contributed by atoms with Gasteiger partial charge in [0.1, 0.15) is 17.9 Å². The highest BCUT2D eigenvalue weighted by Crippen LogP contribution is 2.34. The Hall–Kier alpha value is -2.97. The van der Waals surface area contributed by atoms with Gasteiger partial charge in [0.25, 0.3) is 11.8 Å². The summed E-state index contributed by atoms with van der Waals surface area (Å²) < 4.78 is 18.6. The molecular weight excluding hydrogens is 357 g/mol. The van der Waals surface area contributed by atoms with Crippen molar-refractivity contribution in [3.8, 4) is 0 Å². The number of hydrogen-bond acceptors (Lipinski definition) is 5. The summed E-state index contributed by atoms with van der Waals surface area (Å²) in [6.07, 6.45) is 1.53. The number of para-hydroxylation sites is 1. The number of esters is 1. The number of anilines is 1. The van der Waals surface area contributed by atoms with Crippen molar-refractivity contribution in [1.82, 2.24) is 10.2 Å². The molecule has 0 unspecified atom stereocenters. The van der Waals surface area contributed by atoms with E-state index in [2.05, 4.69) is 10.6 Å². The van der Waals surface area contributed by atoms with E-state index in [4.69, 9.17) is 4.74 Å². The summed E-state index contributed by atoms with van der Waals surface area (Å²) in [7, 11) is 0. The van der Waals surface area contributed by atoms with Gasteiger partial charge in [-0.25, -0.2) is 9.18 Å². The zero-order valence-corrected chi connectivity index (χ0v) is 14.8. The molecule has 1 saturated heterocycles. The average molecular weight is 377 g/mol. The highest BCUT2D eigenvalue weighted by molar-refractivity contribution is 6.09. The molecule has 1 aliphatic heterocycles. The van der Waals surface area contributed by atoms with Crippen molar-refractivity contribution in [2.45, 2.75) is 44.2 Å². The minimum atomic E-state index is -1.22. The number of carbonyl (C=O) groups excluding carboxylic acids is 4. The molecule has 0 bridgehead atoms. The molecule has 1 spiro atoms. The van der Waals surface area contributed by atoms with E-state index in [-0.39, 0.29) is 5.69 Å². The number of ether oxygens (including phenoxy) is 1. The van der Waals surface area contributed by atoms with Crippen LogP contribution in [-0.4, -0.2) is 46.9 Å². The van der Waals surface area contributed by atoms with Gasteiger partial charge in [-0.3, -0.25) is 19.3 Å². The smallest absolute Gasteiger partial charge is 0.327 e. The maximum absolute atomic E-state index is 13.6. The van der Waals surface area contributed by atoms with Crippen LogP contribution in [0.5, 0.6) is 0 Å². The summed E-state index contributed by atoms with van der Waals surface area (Å²) >= 11 is 0. The molecular formula is C18H20FN3O5. The van der Waals surface area contributed by atoms with Crippen molar-refractivity contribution in [3.63, 3.8) is 0 Å². The second-order valence-corrected chi connectivity index (χ2v) is 6.71. The normalized spacial score (nSPS) is 19.1. The van der Waals surface area contributed by atoms with Crippen molar-refractivity contribution in [3.05, 3.63) is 30.1 Å². The molecule has 3 rings (SSSR count). The zero-order chi connectivity index (χ0) is 19.6. The summed E-state index contributed by atoms with van der Waals surface area (Å²) in [6, 6.07) is 4.94. The number of benzene rings is 1. The number of urea groups is 1. The fraction of sp³-hybridized carbons (Fsp3) is 0.444. The molecule has 4 amide bonds. The van der Waals surface area contributed by atoms with E-state index in [0.29, 0.717) is 12.8 Å². The van der Waals surface area contributed by atoms with Crippen LogP contribution in [0, 0.1) is 5.82 Å². The molecule has 1 heterocycles. The lowest BCUT2D eigenvalue weighted by molar-refractivity contribution is -0.155. The van der Waals surface area contributed by atoms with Gasteiger partial charge in [0.2, 0.25) is 0 Å². The summed E-state index contributed by atoms with van der Waals surface area (Å²) in [5, 5.41) is 4.97. The minimum absolute atomic E-state index is 0.0392. The van der Waals surface area contributed by atoms with Crippen molar-refractivity contribution >= 4 is 29.5 Å². The minimum Gasteiger partial charge on any atom is -0.451 e. The number of nitrogens with one attached hydrogen (secondary N) is 2. The van der Waals surface area contributed by atoms with E-state index in [1.165, 1.54) is 25.1 Å². The number of carbonyl (C=O) groups is 4. The zero-order valence-electron chi connectivity index (χ0n) is 14.8. The average Bonchev–Trinajstić information content (AvgIpc) is 3.18. The molecule has 0 radical (unpaired) electrons. The lowest BCUT2D eigenvalue weighted by Gasteiger charge is -2.20. The molecule has 144 valence electrons. The maximum Gasteiger partial charge on any atom is 0.327 e. The Morgan fingerprint density at radius 3 is 2.63 bits per heavy atom. The first kappa shape index (κ1) is 18.8. The predicted molar refractivity (Wildman–Crippen MR) is 92.0 cm³/mol.